The molecule has 2 heterocycles. The van der Waals surface area contributed by atoms with Crippen LogP contribution in [0.15, 0.2) is 0 Å². The summed E-state index contributed by atoms with van der Waals surface area (Å²) in [5.74, 6) is -0.0217. The number of nitrogens with zero attached hydrogens (tertiary/aromatic N) is 2. The van der Waals surface area contributed by atoms with Gasteiger partial charge in [0.1, 0.15) is 5.00 Å². The van der Waals surface area contributed by atoms with Gasteiger partial charge in [-0.1, -0.05) is 6.92 Å². The lowest BCUT2D eigenvalue weighted by Gasteiger charge is -2.32. The molecule has 1 atom stereocenters. The second-order valence-electron chi connectivity index (χ2n) is 6.58. The number of hydrogen-bond donors (Lipinski definition) is 1. The number of nitrogens with one attached hydrogen (secondary N) is 1. The third kappa shape index (κ3) is 4.30. The first kappa shape index (κ1) is 19.7. The van der Waals surface area contributed by atoms with E-state index in [1.54, 1.807) is 21.0 Å². The van der Waals surface area contributed by atoms with Crippen LogP contribution in [0.4, 0.5) is 5.00 Å². The van der Waals surface area contributed by atoms with Crippen molar-refractivity contribution in [1.29, 1.82) is 0 Å². The number of rotatable bonds is 3. The lowest BCUT2D eigenvalue weighted by Crippen LogP contribution is -2.41. The average Bonchev–Trinajstić information content (AvgIpc) is 2.89. The van der Waals surface area contributed by atoms with Gasteiger partial charge in [-0.3, -0.25) is 4.79 Å². The number of piperidine rings is 1. The smallest absolute Gasteiger partial charge is 0.341 e. The maximum Gasteiger partial charge on any atom is 0.341 e. The Morgan fingerprint density at radius 3 is 2.64 bits per heavy atom. The molecule has 0 spiro atoms. The number of carbonyl (C=O) groups is 2. The van der Waals surface area contributed by atoms with E-state index in [9.17, 15) is 9.59 Å². The van der Waals surface area contributed by atoms with Crippen molar-refractivity contribution >= 4 is 45.5 Å². The Morgan fingerprint density at radius 1 is 1.40 bits per heavy atom. The minimum atomic E-state index is -0.469. The van der Waals surface area contributed by atoms with Crippen molar-refractivity contribution in [3.8, 4) is 0 Å². The number of methoxy groups -OCH3 is 1. The molecule has 0 aliphatic carbocycles. The molecule has 1 aromatic heterocycles. The highest BCUT2D eigenvalue weighted by Crippen LogP contribution is 2.34. The molecule has 1 aliphatic rings. The summed E-state index contributed by atoms with van der Waals surface area (Å²) in [4.78, 5) is 28.7. The molecule has 1 N–H and O–H groups in total. The fourth-order valence-electron chi connectivity index (χ4n) is 2.91. The van der Waals surface area contributed by atoms with E-state index in [1.165, 1.54) is 29.8 Å². The van der Waals surface area contributed by atoms with Crippen LogP contribution < -0.4 is 5.32 Å². The van der Waals surface area contributed by atoms with E-state index in [-0.39, 0.29) is 5.91 Å². The zero-order valence-electron chi connectivity index (χ0n) is 15.3. The molecule has 6 nitrogen and oxygen atoms in total. The Kier molecular flexibility index (Phi) is 6.40. The predicted molar refractivity (Wildman–Crippen MR) is 105 cm³/mol. The standard InChI is InChI=1S/C17H25N3O3S2/c1-10-7-6-8-20(9-10)17(24)18-14-12(16(22)23-5)11(2)13(25-14)15(21)19(3)4/h10H,6-9H2,1-5H3,(H,18,24)/t10-/m1/s1. The fraction of sp³-hybridized carbons (Fsp3) is 0.588. The number of hydrogen-bond acceptors (Lipinski definition) is 5. The molecule has 1 aliphatic heterocycles. The number of esters is 1. The molecule has 2 rings (SSSR count). The molecule has 1 aromatic rings. The van der Waals surface area contributed by atoms with Crippen molar-refractivity contribution in [1.82, 2.24) is 9.80 Å². The quantitative estimate of drug-likeness (QED) is 0.640. The molecule has 0 aromatic carbocycles. The summed E-state index contributed by atoms with van der Waals surface area (Å²) in [6.45, 7) is 5.76. The Morgan fingerprint density at radius 2 is 2.08 bits per heavy atom. The molecule has 1 fully saturated rings. The average molecular weight is 384 g/mol. The number of likely N-dealkylation sites (tertiary alicyclic amines) is 1. The SMILES string of the molecule is COC(=O)c1c(NC(=S)N2CCC[C@@H](C)C2)sc(C(=O)N(C)C)c1C. The van der Waals surface area contributed by atoms with E-state index < -0.39 is 5.97 Å². The predicted octanol–water partition coefficient (Wildman–Crippen LogP) is 2.97. The molecule has 1 saturated heterocycles. The second-order valence-corrected chi connectivity index (χ2v) is 7.98. The van der Waals surface area contributed by atoms with Crippen LogP contribution in [-0.2, 0) is 4.74 Å². The lowest BCUT2D eigenvalue weighted by molar-refractivity contribution is 0.0601. The summed E-state index contributed by atoms with van der Waals surface area (Å²) < 4.78 is 4.90. The Labute approximate surface area is 158 Å². The molecular formula is C17H25N3O3S2. The van der Waals surface area contributed by atoms with E-state index in [2.05, 4.69) is 17.1 Å². The number of thiophene rings is 1. The van der Waals surface area contributed by atoms with Gasteiger partial charge in [-0.2, -0.15) is 0 Å². The van der Waals surface area contributed by atoms with Crippen LogP contribution >= 0.6 is 23.6 Å². The number of ether oxygens (including phenoxy) is 1. The van der Waals surface area contributed by atoms with E-state index in [4.69, 9.17) is 17.0 Å². The summed E-state index contributed by atoms with van der Waals surface area (Å²) in [6.07, 6.45) is 2.30. The first-order valence-corrected chi connectivity index (χ1v) is 9.48. The summed E-state index contributed by atoms with van der Waals surface area (Å²) in [6, 6.07) is 0. The highest BCUT2D eigenvalue weighted by Gasteiger charge is 2.27. The van der Waals surface area contributed by atoms with Crippen LogP contribution in [0.25, 0.3) is 0 Å². The van der Waals surface area contributed by atoms with Crippen molar-refractivity contribution in [2.75, 3.05) is 39.6 Å². The molecule has 0 radical (unpaired) electrons. The largest absolute Gasteiger partial charge is 0.465 e. The van der Waals surface area contributed by atoms with E-state index in [1.807, 2.05) is 0 Å². The first-order chi connectivity index (χ1) is 11.8. The summed E-state index contributed by atoms with van der Waals surface area (Å²) in [5, 5.41) is 4.33. The fourth-order valence-corrected chi connectivity index (χ4v) is 4.45. The second kappa shape index (κ2) is 8.14. The summed E-state index contributed by atoms with van der Waals surface area (Å²) in [5.41, 5.74) is 0.998. The van der Waals surface area contributed by atoms with Crippen LogP contribution in [0, 0.1) is 12.8 Å². The number of thiocarbonyl (C=S) groups is 1. The molecule has 8 heteroatoms. The highest BCUT2D eigenvalue weighted by molar-refractivity contribution is 7.80. The third-order valence-corrected chi connectivity index (χ3v) is 5.86. The van der Waals surface area contributed by atoms with Crippen LogP contribution in [0.5, 0.6) is 0 Å². The molecule has 138 valence electrons. The first-order valence-electron chi connectivity index (χ1n) is 8.25. The Hall–Kier alpha value is -1.67. The van der Waals surface area contributed by atoms with Crippen LogP contribution in [0.2, 0.25) is 0 Å². The van der Waals surface area contributed by atoms with Crippen molar-refractivity contribution < 1.29 is 14.3 Å². The lowest BCUT2D eigenvalue weighted by atomic mass is 10.0. The van der Waals surface area contributed by atoms with Gasteiger partial charge in [0.15, 0.2) is 5.11 Å². The van der Waals surface area contributed by atoms with Gasteiger partial charge < -0.3 is 19.9 Å². The Bertz CT molecular complexity index is 685. The van der Waals surface area contributed by atoms with Crippen molar-refractivity contribution in [3.63, 3.8) is 0 Å². The van der Waals surface area contributed by atoms with Crippen LogP contribution in [0.3, 0.4) is 0 Å². The van der Waals surface area contributed by atoms with Crippen LogP contribution in [-0.4, -0.2) is 61.1 Å². The van der Waals surface area contributed by atoms with Gasteiger partial charge in [-0.05, 0) is 43.5 Å². The Balaban J connectivity index is 2.32. The minimum absolute atomic E-state index is 0.141. The van der Waals surface area contributed by atoms with E-state index in [0.717, 1.165) is 19.5 Å². The molecule has 25 heavy (non-hydrogen) atoms. The highest BCUT2D eigenvalue weighted by atomic mass is 32.1. The van der Waals surface area contributed by atoms with Gasteiger partial charge in [0.05, 0.1) is 17.6 Å². The third-order valence-electron chi connectivity index (χ3n) is 4.30. The number of anilines is 1. The summed E-state index contributed by atoms with van der Waals surface area (Å²) >= 11 is 6.78. The molecule has 1 amide bonds. The number of amides is 1. The zero-order valence-corrected chi connectivity index (χ0v) is 17.0. The normalized spacial score (nSPS) is 17.2. The van der Waals surface area contributed by atoms with E-state index >= 15 is 0 Å². The van der Waals surface area contributed by atoms with Crippen molar-refractivity contribution in [2.45, 2.75) is 26.7 Å². The molecule has 0 bridgehead atoms. The monoisotopic (exact) mass is 383 g/mol. The molecule has 0 unspecified atom stereocenters. The molecule has 0 saturated carbocycles. The van der Waals surface area contributed by atoms with Crippen LogP contribution in [0.1, 0.15) is 45.4 Å². The number of carbonyl (C=O) groups excluding carboxylic acids is 2. The maximum atomic E-state index is 12.4. The minimum Gasteiger partial charge on any atom is -0.465 e. The van der Waals surface area contributed by atoms with Gasteiger partial charge in [0.25, 0.3) is 5.91 Å². The van der Waals surface area contributed by atoms with Crippen molar-refractivity contribution in [3.05, 3.63) is 16.0 Å². The van der Waals surface area contributed by atoms with Gasteiger partial charge >= 0.3 is 5.97 Å². The zero-order chi connectivity index (χ0) is 18.7. The van der Waals surface area contributed by atoms with Crippen molar-refractivity contribution in [2.24, 2.45) is 5.92 Å². The molecular weight excluding hydrogens is 358 g/mol. The van der Waals surface area contributed by atoms with E-state index in [0.29, 0.717) is 32.0 Å². The topological polar surface area (TPSA) is 61.9 Å². The van der Waals surface area contributed by atoms with Gasteiger partial charge in [0.2, 0.25) is 0 Å². The maximum absolute atomic E-state index is 12.4. The summed E-state index contributed by atoms with van der Waals surface area (Å²) in [7, 11) is 4.71. The van der Waals surface area contributed by atoms with Gasteiger partial charge in [-0.15, -0.1) is 11.3 Å². The van der Waals surface area contributed by atoms with Gasteiger partial charge in [0, 0.05) is 27.2 Å². The van der Waals surface area contributed by atoms with Gasteiger partial charge in [-0.25, -0.2) is 4.79 Å².